The molecule has 2 aromatic carbocycles. The summed E-state index contributed by atoms with van der Waals surface area (Å²) in [6, 6.07) is 21.7. The molecule has 0 radical (unpaired) electrons. The highest BCUT2D eigenvalue weighted by Crippen LogP contribution is 2.39. The van der Waals surface area contributed by atoms with Crippen molar-refractivity contribution in [3.63, 3.8) is 0 Å². The number of piperazine rings is 1. The molecule has 43 heavy (non-hydrogen) atoms. The highest BCUT2D eigenvalue weighted by atomic mass is 35.5. The van der Waals surface area contributed by atoms with E-state index in [9.17, 15) is 0 Å². The van der Waals surface area contributed by atoms with Gasteiger partial charge in [-0.25, -0.2) is 0 Å². The van der Waals surface area contributed by atoms with E-state index >= 15 is 0 Å². The van der Waals surface area contributed by atoms with Gasteiger partial charge in [-0.05, 0) is 81.1 Å². The number of halogens is 1. The summed E-state index contributed by atoms with van der Waals surface area (Å²) >= 11 is 12.1. The zero-order valence-corrected chi connectivity index (χ0v) is 26.8. The van der Waals surface area contributed by atoms with Crippen molar-refractivity contribution in [3.8, 4) is 0 Å². The van der Waals surface area contributed by atoms with Crippen LogP contribution in [0.3, 0.4) is 0 Å². The van der Waals surface area contributed by atoms with Gasteiger partial charge in [-0.15, -0.1) is 0 Å². The minimum atomic E-state index is 0.0457. The normalized spacial score (nSPS) is 20.5. The van der Waals surface area contributed by atoms with E-state index in [1.54, 1.807) is 0 Å². The molecule has 3 aromatic rings. The molecule has 1 aliphatic carbocycles. The number of piperidine rings is 1. The van der Waals surface area contributed by atoms with Gasteiger partial charge in [0.2, 0.25) is 5.95 Å². The number of hydrogen-bond acceptors (Lipinski definition) is 6. The van der Waals surface area contributed by atoms with Gasteiger partial charge in [0.15, 0.2) is 5.11 Å². The number of para-hydroxylation sites is 1. The van der Waals surface area contributed by atoms with Crippen molar-refractivity contribution in [3.05, 3.63) is 71.2 Å². The summed E-state index contributed by atoms with van der Waals surface area (Å²) in [6.45, 7) is 7.83. The molecule has 0 spiro atoms. The summed E-state index contributed by atoms with van der Waals surface area (Å²) in [5, 5.41) is 8.29. The molecule has 9 heteroatoms. The molecule has 3 fully saturated rings. The third-order valence-corrected chi connectivity index (χ3v) is 10.1. The molecular formula is C34H44ClN7S. The Labute approximate surface area is 267 Å². The lowest BCUT2D eigenvalue weighted by Gasteiger charge is -2.39. The average Bonchev–Trinajstić information content (AvgIpc) is 3.05. The molecule has 3 heterocycles. The van der Waals surface area contributed by atoms with E-state index in [2.05, 4.69) is 80.8 Å². The van der Waals surface area contributed by atoms with Crippen LogP contribution >= 0.6 is 23.8 Å². The summed E-state index contributed by atoms with van der Waals surface area (Å²) in [5.74, 6) is 2.51. The Balaban J connectivity index is 1.18. The Bertz CT molecular complexity index is 1350. The Kier molecular flexibility index (Phi) is 9.53. The van der Waals surface area contributed by atoms with Crippen LogP contribution in [0.25, 0.3) is 0 Å². The third kappa shape index (κ3) is 7.18. The van der Waals surface area contributed by atoms with Gasteiger partial charge in [-0.1, -0.05) is 61.2 Å². The van der Waals surface area contributed by atoms with Gasteiger partial charge >= 0.3 is 0 Å². The molecule has 6 rings (SSSR count). The van der Waals surface area contributed by atoms with Crippen LogP contribution in [0.2, 0.25) is 5.02 Å². The molecule has 0 unspecified atom stereocenters. The van der Waals surface area contributed by atoms with Crippen molar-refractivity contribution in [2.75, 3.05) is 59.3 Å². The first kappa shape index (κ1) is 29.9. The van der Waals surface area contributed by atoms with E-state index in [1.165, 1.54) is 49.8 Å². The highest BCUT2D eigenvalue weighted by molar-refractivity contribution is 7.80. The van der Waals surface area contributed by atoms with Crippen molar-refractivity contribution < 1.29 is 0 Å². The van der Waals surface area contributed by atoms with Crippen molar-refractivity contribution in [1.82, 2.24) is 15.3 Å². The zero-order chi connectivity index (χ0) is 29.6. The maximum atomic E-state index is 6.23. The largest absolute Gasteiger partial charge is 0.368 e. The Hall–Kier alpha value is -3.10. The second-order valence-corrected chi connectivity index (χ2v) is 13.3. The van der Waals surface area contributed by atoms with Crippen LogP contribution in [-0.4, -0.2) is 60.4 Å². The molecule has 0 bridgehead atoms. The Morgan fingerprint density at radius 1 is 0.860 bits per heavy atom. The number of rotatable bonds is 7. The number of thiocarbonyl (C=S) groups is 1. The van der Waals surface area contributed by atoms with Crippen molar-refractivity contribution >= 4 is 52.2 Å². The fraction of sp³-hybridized carbons (Fsp3) is 0.500. The molecule has 1 aromatic heterocycles. The molecule has 2 aliphatic heterocycles. The summed E-state index contributed by atoms with van der Waals surface area (Å²) in [7, 11) is 0. The Morgan fingerprint density at radius 3 is 2.28 bits per heavy atom. The third-order valence-electron chi connectivity index (χ3n) is 9.60. The molecule has 1 atom stereocenters. The van der Waals surface area contributed by atoms with E-state index in [0.29, 0.717) is 17.1 Å². The summed E-state index contributed by atoms with van der Waals surface area (Å²) in [5.41, 5.74) is 2.66. The maximum absolute atomic E-state index is 6.23. The van der Waals surface area contributed by atoms with E-state index in [0.717, 1.165) is 68.8 Å². The quantitative estimate of drug-likeness (QED) is 0.274. The van der Waals surface area contributed by atoms with Crippen LogP contribution in [0.15, 0.2) is 60.7 Å². The number of benzene rings is 2. The fourth-order valence-electron chi connectivity index (χ4n) is 7.05. The first-order valence-corrected chi connectivity index (χ1v) is 16.8. The average molecular weight is 618 g/mol. The second-order valence-electron chi connectivity index (χ2n) is 12.4. The first-order chi connectivity index (χ1) is 21.0. The number of anilines is 4. The van der Waals surface area contributed by atoms with Crippen LogP contribution < -0.4 is 25.3 Å². The van der Waals surface area contributed by atoms with Gasteiger partial charge < -0.3 is 25.3 Å². The van der Waals surface area contributed by atoms with Crippen LogP contribution in [0.5, 0.6) is 0 Å². The van der Waals surface area contributed by atoms with Crippen molar-refractivity contribution in [1.29, 1.82) is 0 Å². The van der Waals surface area contributed by atoms with Crippen molar-refractivity contribution in [2.24, 2.45) is 0 Å². The van der Waals surface area contributed by atoms with E-state index in [1.807, 2.05) is 12.1 Å². The van der Waals surface area contributed by atoms with Crippen LogP contribution in [0.1, 0.15) is 63.9 Å². The lowest BCUT2D eigenvalue weighted by atomic mass is 9.69. The molecule has 2 N–H and O–H groups in total. The minimum absolute atomic E-state index is 0.0457. The van der Waals surface area contributed by atoms with Crippen molar-refractivity contribution in [2.45, 2.75) is 69.7 Å². The molecule has 228 valence electrons. The summed E-state index contributed by atoms with van der Waals surface area (Å²) < 4.78 is 0. The van der Waals surface area contributed by atoms with Crippen LogP contribution in [-0.2, 0) is 5.41 Å². The molecule has 0 amide bonds. The monoisotopic (exact) mass is 617 g/mol. The van der Waals surface area contributed by atoms with Gasteiger partial charge in [0.25, 0.3) is 0 Å². The van der Waals surface area contributed by atoms with E-state index in [-0.39, 0.29) is 5.41 Å². The van der Waals surface area contributed by atoms with E-state index < -0.39 is 0 Å². The second kappa shape index (κ2) is 13.7. The van der Waals surface area contributed by atoms with E-state index in [4.69, 9.17) is 33.8 Å². The molecule has 1 saturated carbocycles. The van der Waals surface area contributed by atoms with Gasteiger partial charge in [0.1, 0.15) is 11.6 Å². The van der Waals surface area contributed by atoms with Crippen LogP contribution in [0, 0.1) is 0 Å². The first-order valence-electron chi connectivity index (χ1n) is 16.0. The predicted molar refractivity (Wildman–Crippen MR) is 184 cm³/mol. The topological polar surface area (TPSA) is 59.6 Å². The molecule has 7 nitrogen and oxygen atoms in total. The van der Waals surface area contributed by atoms with Gasteiger partial charge in [-0.3, -0.25) is 0 Å². The SMILES string of the molecule is C[C@@H]1CCCCN1c1cc(N2CCN(c3ccccc3)CC2)nc(NC(=S)NCC2(c3ccc(Cl)cc3)CCCCC2)n1. The van der Waals surface area contributed by atoms with Gasteiger partial charge in [0.05, 0.1) is 0 Å². The molecule has 2 saturated heterocycles. The van der Waals surface area contributed by atoms with Gasteiger partial charge in [0, 0.05) is 67.5 Å². The molecule has 3 aliphatic rings. The number of nitrogens with one attached hydrogen (secondary N) is 2. The number of hydrogen-bond donors (Lipinski definition) is 2. The smallest absolute Gasteiger partial charge is 0.232 e. The maximum Gasteiger partial charge on any atom is 0.232 e. The molecular weight excluding hydrogens is 574 g/mol. The highest BCUT2D eigenvalue weighted by Gasteiger charge is 2.34. The summed E-state index contributed by atoms with van der Waals surface area (Å²) in [4.78, 5) is 17.3. The van der Waals surface area contributed by atoms with Gasteiger partial charge in [-0.2, -0.15) is 9.97 Å². The number of aromatic nitrogens is 2. The van der Waals surface area contributed by atoms with Crippen LogP contribution in [0.4, 0.5) is 23.3 Å². The lowest BCUT2D eigenvalue weighted by molar-refractivity contribution is 0.292. The lowest BCUT2D eigenvalue weighted by Crippen LogP contribution is -2.47. The zero-order valence-electron chi connectivity index (χ0n) is 25.3. The fourth-order valence-corrected chi connectivity index (χ4v) is 7.34. The minimum Gasteiger partial charge on any atom is -0.368 e. The predicted octanol–water partition coefficient (Wildman–Crippen LogP) is 7.02. The summed E-state index contributed by atoms with van der Waals surface area (Å²) in [6.07, 6.45) is 9.67. The number of nitrogens with zero attached hydrogens (tertiary/aromatic N) is 5. The Morgan fingerprint density at radius 2 is 1.56 bits per heavy atom. The standard InChI is InChI=1S/C34H44ClN7S/c1-26-10-6-9-19-42(26)31-24-30(41-22-20-40(21-23-41)29-11-4-2-5-12-29)37-32(38-31)39-33(43)36-25-34(17-7-3-8-18-34)27-13-15-28(35)16-14-27/h2,4-5,11-16,24,26H,3,6-10,17-23,25H2,1H3,(H2,36,37,38,39,43)/t26-/m1/s1.